The summed E-state index contributed by atoms with van der Waals surface area (Å²) in [4.78, 5) is 0. The van der Waals surface area contributed by atoms with Crippen LogP contribution in [0, 0.1) is 0 Å². The molecule has 0 saturated carbocycles. The van der Waals surface area contributed by atoms with E-state index in [9.17, 15) is 0 Å². The average molecular weight is 212 g/mol. The van der Waals surface area contributed by atoms with E-state index in [0.717, 1.165) is 35.0 Å². The van der Waals surface area contributed by atoms with E-state index in [1.807, 2.05) is 12.1 Å². The van der Waals surface area contributed by atoms with E-state index in [4.69, 9.17) is 14.2 Å². The molecule has 0 unspecified atom stereocenters. The number of ether oxygens (including phenoxy) is 3. The maximum Gasteiger partial charge on any atom is 0.231 e. The smallest absolute Gasteiger partial charge is 0.231 e. The molecule has 1 aliphatic rings. The fraction of sp³-hybridized carbons (Fsp3) is 0.400. The summed E-state index contributed by atoms with van der Waals surface area (Å²) >= 11 is 4.20. The molecule has 2 rings (SSSR count). The first kappa shape index (κ1) is 9.52. The van der Waals surface area contributed by atoms with E-state index in [-0.39, 0.29) is 0 Å². The van der Waals surface area contributed by atoms with Crippen molar-refractivity contribution in [3.05, 3.63) is 17.7 Å². The summed E-state index contributed by atoms with van der Waals surface area (Å²) in [5.41, 5.74) is 1.10. The molecule has 0 amide bonds. The molecular formula is C10H12O3S. The summed E-state index contributed by atoms with van der Waals surface area (Å²) in [6.45, 7) is 0.294. The first-order valence-corrected chi connectivity index (χ1v) is 5.05. The summed E-state index contributed by atoms with van der Waals surface area (Å²) in [5.74, 6) is 3.17. The van der Waals surface area contributed by atoms with Gasteiger partial charge in [0, 0.05) is 6.07 Å². The van der Waals surface area contributed by atoms with Crippen molar-refractivity contribution in [3.8, 4) is 17.2 Å². The lowest BCUT2D eigenvalue weighted by molar-refractivity contribution is 0.174. The fourth-order valence-corrected chi connectivity index (χ4v) is 1.71. The van der Waals surface area contributed by atoms with Crippen molar-refractivity contribution >= 4 is 12.6 Å². The van der Waals surface area contributed by atoms with Crippen molar-refractivity contribution in [1.29, 1.82) is 0 Å². The normalized spacial score (nSPS) is 13.0. The molecule has 0 aliphatic carbocycles. The Kier molecular flexibility index (Phi) is 2.72. The largest absolute Gasteiger partial charge is 0.496 e. The van der Waals surface area contributed by atoms with Gasteiger partial charge in [0.1, 0.15) is 5.75 Å². The lowest BCUT2D eigenvalue weighted by atomic mass is 10.1. The second-order valence-corrected chi connectivity index (χ2v) is 3.44. The van der Waals surface area contributed by atoms with Crippen molar-refractivity contribution in [2.24, 2.45) is 0 Å². The molecule has 0 bridgehead atoms. The molecule has 1 aromatic rings. The van der Waals surface area contributed by atoms with Gasteiger partial charge in [-0.1, -0.05) is 0 Å². The number of methoxy groups -OCH3 is 1. The minimum atomic E-state index is 0.294. The SMILES string of the molecule is COc1cc2c(cc1CCS)OCO2. The van der Waals surface area contributed by atoms with Crippen LogP contribution in [-0.4, -0.2) is 19.7 Å². The molecule has 0 atom stereocenters. The van der Waals surface area contributed by atoms with Crippen molar-refractivity contribution in [2.45, 2.75) is 6.42 Å². The predicted molar refractivity (Wildman–Crippen MR) is 56.7 cm³/mol. The van der Waals surface area contributed by atoms with Gasteiger partial charge in [0.15, 0.2) is 11.5 Å². The standard InChI is InChI=1S/C10H12O3S/c1-11-8-5-10-9(12-6-13-10)4-7(8)2-3-14/h4-5,14H,2-3,6H2,1H3. The Hall–Kier alpha value is -1.03. The molecule has 1 aromatic carbocycles. The topological polar surface area (TPSA) is 27.7 Å². The van der Waals surface area contributed by atoms with Gasteiger partial charge in [-0.25, -0.2) is 0 Å². The van der Waals surface area contributed by atoms with E-state index in [0.29, 0.717) is 6.79 Å². The maximum absolute atomic E-state index is 5.28. The van der Waals surface area contributed by atoms with Crippen LogP contribution in [0.15, 0.2) is 12.1 Å². The molecule has 0 saturated heterocycles. The lowest BCUT2D eigenvalue weighted by Crippen LogP contribution is -1.93. The monoisotopic (exact) mass is 212 g/mol. The molecule has 0 radical (unpaired) electrons. The third kappa shape index (κ3) is 1.62. The van der Waals surface area contributed by atoms with Crippen LogP contribution in [0.2, 0.25) is 0 Å². The number of fused-ring (bicyclic) bond motifs is 1. The molecule has 4 heteroatoms. The van der Waals surface area contributed by atoms with E-state index in [2.05, 4.69) is 12.6 Å². The first-order valence-electron chi connectivity index (χ1n) is 4.42. The van der Waals surface area contributed by atoms with Crippen molar-refractivity contribution in [3.63, 3.8) is 0 Å². The number of rotatable bonds is 3. The third-order valence-corrected chi connectivity index (χ3v) is 2.38. The highest BCUT2D eigenvalue weighted by Crippen LogP contribution is 2.38. The Morgan fingerprint density at radius 3 is 2.71 bits per heavy atom. The highest BCUT2D eigenvalue weighted by Gasteiger charge is 2.17. The Morgan fingerprint density at radius 1 is 1.36 bits per heavy atom. The van der Waals surface area contributed by atoms with Crippen molar-refractivity contribution in [1.82, 2.24) is 0 Å². The Morgan fingerprint density at radius 2 is 2.07 bits per heavy atom. The lowest BCUT2D eigenvalue weighted by Gasteiger charge is -2.08. The summed E-state index contributed by atoms with van der Waals surface area (Å²) in [7, 11) is 1.65. The van der Waals surface area contributed by atoms with Crippen LogP contribution >= 0.6 is 12.6 Å². The molecule has 0 fully saturated rings. The summed E-state index contributed by atoms with van der Waals surface area (Å²) in [5, 5.41) is 0. The van der Waals surface area contributed by atoms with Crippen LogP contribution in [0.4, 0.5) is 0 Å². The van der Waals surface area contributed by atoms with Crippen LogP contribution in [0.1, 0.15) is 5.56 Å². The maximum atomic E-state index is 5.28. The average Bonchev–Trinajstić information content (AvgIpc) is 2.64. The third-order valence-electron chi connectivity index (χ3n) is 2.16. The zero-order valence-electron chi connectivity index (χ0n) is 7.95. The molecule has 3 nitrogen and oxygen atoms in total. The second kappa shape index (κ2) is 4.00. The number of thiol groups is 1. The second-order valence-electron chi connectivity index (χ2n) is 2.99. The van der Waals surface area contributed by atoms with Crippen molar-refractivity contribution < 1.29 is 14.2 Å². The van der Waals surface area contributed by atoms with Gasteiger partial charge in [-0.05, 0) is 23.8 Å². The minimum absolute atomic E-state index is 0.294. The zero-order valence-corrected chi connectivity index (χ0v) is 8.84. The minimum Gasteiger partial charge on any atom is -0.496 e. The van der Waals surface area contributed by atoms with Gasteiger partial charge in [-0.3, -0.25) is 0 Å². The van der Waals surface area contributed by atoms with E-state index >= 15 is 0 Å². The summed E-state index contributed by atoms with van der Waals surface area (Å²) in [6, 6.07) is 3.82. The summed E-state index contributed by atoms with van der Waals surface area (Å²) < 4.78 is 15.8. The molecule has 0 aromatic heterocycles. The van der Waals surface area contributed by atoms with Crippen LogP contribution in [0.3, 0.4) is 0 Å². The number of hydrogen-bond acceptors (Lipinski definition) is 4. The molecule has 76 valence electrons. The van der Waals surface area contributed by atoms with Gasteiger partial charge in [0.2, 0.25) is 6.79 Å². The van der Waals surface area contributed by atoms with Gasteiger partial charge in [0.25, 0.3) is 0 Å². The number of aryl methyl sites for hydroxylation is 1. The highest BCUT2D eigenvalue weighted by molar-refractivity contribution is 7.80. The first-order chi connectivity index (χ1) is 6.85. The van der Waals surface area contributed by atoms with Gasteiger partial charge in [0.05, 0.1) is 7.11 Å². The quantitative estimate of drug-likeness (QED) is 0.775. The fourth-order valence-electron chi connectivity index (χ4n) is 1.47. The molecule has 1 heterocycles. The highest BCUT2D eigenvalue weighted by atomic mass is 32.1. The number of hydrogen-bond donors (Lipinski definition) is 1. The van der Waals surface area contributed by atoms with Gasteiger partial charge in [-0.15, -0.1) is 0 Å². The van der Waals surface area contributed by atoms with Crippen LogP contribution in [-0.2, 0) is 6.42 Å². The van der Waals surface area contributed by atoms with E-state index < -0.39 is 0 Å². The molecule has 0 spiro atoms. The molecular weight excluding hydrogens is 200 g/mol. The van der Waals surface area contributed by atoms with Gasteiger partial charge >= 0.3 is 0 Å². The predicted octanol–water partition coefficient (Wildman–Crippen LogP) is 1.90. The Labute approximate surface area is 88.4 Å². The molecule has 0 N–H and O–H groups in total. The van der Waals surface area contributed by atoms with E-state index in [1.54, 1.807) is 7.11 Å². The Balaban J connectivity index is 2.38. The van der Waals surface area contributed by atoms with Crippen LogP contribution < -0.4 is 14.2 Å². The molecule has 14 heavy (non-hydrogen) atoms. The van der Waals surface area contributed by atoms with E-state index in [1.165, 1.54) is 0 Å². The van der Waals surface area contributed by atoms with Crippen LogP contribution in [0.5, 0.6) is 17.2 Å². The Bertz CT molecular complexity index is 338. The van der Waals surface area contributed by atoms with Crippen molar-refractivity contribution in [2.75, 3.05) is 19.7 Å². The summed E-state index contributed by atoms with van der Waals surface area (Å²) in [6.07, 6.45) is 0.864. The van der Waals surface area contributed by atoms with Crippen LogP contribution in [0.25, 0.3) is 0 Å². The van der Waals surface area contributed by atoms with Gasteiger partial charge in [-0.2, -0.15) is 12.6 Å². The molecule has 1 aliphatic heterocycles. The number of benzene rings is 1. The zero-order chi connectivity index (χ0) is 9.97. The van der Waals surface area contributed by atoms with Gasteiger partial charge < -0.3 is 14.2 Å².